The van der Waals surface area contributed by atoms with Gasteiger partial charge in [-0.2, -0.15) is 10.5 Å². The van der Waals surface area contributed by atoms with Crippen LogP contribution in [0.15, 0.2) is 54.7 Å². The molecule has 4 heterocycles. The second kappa shape index (κ2) is 8.94. The SMILES string of the molecule is COc1cc2nc(/C(C#N)=C/c3cc(C)n(-c4sc(-c5ccccc5)cc4C#N)c3C)[nH]c2cn1. The Balaban J connectivity index is 1.58. The van der Waals surface area contributed by atoms with Crippen LogP contribution in [0.1, 0.15) is 28.3 Å². The maximum absolute atomic E-state index is 9.90. The molecule has 0 spiro atoms. The molecule has 0 unspecified atom stereocenters. The second-order valence-electron chi connectivity index (χ2n) is 7.97. The number of fused-ring (bicyclic) bond motifs is 1. The number of imidazole rings is 1. The number of benzene rings is 1. The number of thiophene rings is 1. The zero-order valence-electron chi connectivity index (χ0n) is 19.3. The molecule has 35 heavy (non-hydrogen) atoms. The minimum absolute atomic E-state index is 0.400. The standard InChI is InChI=1S/C27H20N6OS/c1-16-9-19(10-20(13-28)26-31-22-12-25(34-3)30-15-23(22)32-26)17(2)33(16)27-21(14-29)11-24(35-27)18-7-5-4-6-8-18/h4-12,15H,1-3H3,(H,31,32)/b20-10+. The van der Waals surface area contributed by atoms with Gasteiger partial charge in [-0.3, -0.25) is 0 Å². The van der Waals surface area contributed by atoms with Crippen molar-refractivity contribution in [2.45, 2.75) is 13.8 Å². The number of ether oxygens (including phenoxy) is 1. The minimum atomic E-state index is 0.400. The van der Waals surface area contributed by atoms with E-state index in [4.69, 9.17) is 4.74 Å². The molecule has 0 fully saturated rings. The molecule has 0 atom stereocenters. The molecule has 0 radical (unpaired) electrons. The van der Waals surface area contributed by atoms with Crippen LogP contribution in [-0.4, -0.2) is 26.6 Å². The monoisotopic (exact) mass is 476 g/mol. The van der Waals surface area contributed by atoms with Crippen molar-refractivity contribution >= 4 is 34.0 Å². The highest BCUT2D eigenvalue weighted by atomic mass is 32.1. The van der Waals surface area contributed by atoms with Crippen LogP contribution in [-0.2, 0) is 0 Å². The average Bonchev–Trinajstić information content (AvgIpc) is 3.57. The van der Waals surface area contributed by atoms with Gasteiger partial charge in [0.15, 0.2) is 0 Å². The molecule has 7 nitrogen and oxygen atoms in total. The fourth-order valence-electron chi connectivity index (χ4n) is 4.06. The third-order valence-corrected chi connectivity index (χ3v) is 6.96. The van der Waals surface area contributed by atoms with Crippen LogP contribution in [0.2, 0.25) is 0 Å². The van der Waals surface area contributed by atoms with Crippen molar-refractivity contribution in [3.8, 4) is 33.5 Å². The third kappa shape index (κ3) is 3.97. The molecule has 0 saturated heterocycles. The summed E-state index contributed by atoms with van der Waals surface area (Å²) in [5.41, 5.74) is 6.28. The van der Waals surface area contributed by atoms with E-state index in [9.17, 15) is 10.5 Å². The van der Waals surface area contributed by atoms with Crippen LogP contribution in [0, 0.1) is 36.5 Å². The highest BCUT2D eigenvalue weighted by Crippen LogP contribution is 2.36. The Bertz CT molecular complexity index is 1670. The summed E-state index contributed by atoms with van der Waals surface area (Å²) in [5.74, 6) is 0.920. The molecule has 0 aliphatic carbocycles. The maximum atomic E-state index is 9.90. The molecule has 0 amide bonds. The first-order valence-corrected chi connectivity index (χ1v) is 11.6. The molecule has 8 heteroatoms. The van der Waals surface area contributed by atoms with Gasteiger partial charge in [0, 0.05) is 22.3 Å². The number of nitriles is 2. The summed E-state index contributed by atoms with van der Waals surface area (Å²) in [4.78, 5) is 12.9. The highest BCUT2D eigenvalue weighted by Gasteiger charge is 2.18. The Kier molecular flexibility index (Phi) is 5.66. The third-order valence-electron chi connectivity index (χ3n) is 5.79. The lowest BCUT2D eigenvalue weighted by molar-refractivity contribution is 0.398. The summed E-state index contributed by atoms with van der Waals surface area (Å²) in [6.45, 7) is 3.99. The van der Waals surface area contributed by atoms with Gasteiger partial charge in [-0.25, -0.2) is 9.97 Å². The van der Waals surface area contributed by atoms with E-state index in [-0.39, 0.29) is 0 Å². The number of nitrogens with zero attached hydrogens (tertiary/aromatic N) is 5. The molecule has 0 saturated carbocycles. The molecule has 5 rings (SSSR count). The van der Waals surface area contributed by atoms with Gasteiger partial charge in [-0.15, -0.1) is 11.3 Å². The molecular weight excluding hydrogens is 456 g/mol. The first-order chi connectivity index (χ1) is 17.0. The number of hydrogen-bond acceptors (Lipinski definition) is 6. The number of pyridine rings is 1. The summed E-state index contributed by atoms with van der Waals surface area (Å²) in [7, 11) is 1.55. The number of methoxy groups -OCH3 is 1. The Morgan fingerprint density at radius 1 is 1.14 bits per heavy atom. The molecule has 0 bridgehead atoms. The van der Waals surface area contributed by atoms with Crippen molar-refractivity contribution in [3.05, 3.63) is 83.1 Å². The van der Waals surface area contributed by atoms with E-state index in [2.05, 4.69) is 31.7 Å². The number of H-pyrrole nitrogens is 1. The van der Waals surface area contributed by atoms with E-state index >= 15 is 0 Å². The second-order valence-corrected chi connectivity index (χ2v) is 9.00. The summed E-state index contributed by atoms with van der Waals surface area (Å²) < 4.78 is 7.24. The normalized spacial score (nSPS) is 11.4. The van der Waals surface area contributed by atoms with Crippen LogP contribution in [0.5, 0.6) is 5.88 Å². The smallest absolute Gasteiger partial charge is 0.215 e. The Hall–Kier alpha value is -4.66. The average molecular weight is 477 g/mol. The predicted molar refractivity (Wildman–Crippen MR) is 137 cm³/mol. The van der Waals surface area contributed by atoms with E-state index in [1.54, 1.807) is 30.7 Å². The van der Waals surface area contributed by atoms with Crippen molar-refractivity contribution in [2.24, 2.45) is 0 Å². The summed E-state index contributed by atoms with van der Waals surface area (Å²) >= 11 is 1.58. The molecule has 1 aromatic carbocycles. The number of allylic oxidation sites excluding steroid dienone is 1. The van der Waals surface area contributed by atoms with Crippen molar-refractivity contribution in [3.63, 3.8) is 0 Å². The van der Waals surface area contributed by atoms with Crippen LogP contribution in [0.25, 0.3) is 38.1 Å². The van der Waals surface area contributed by atoms with E-state index in [1.807, 2.05) is 62.4 Å². The Morgan fingerprint density at radius 2 is 1.94 bits per heavy atom. The number of hydrogen-bond donors (Lipinski definition) is 1. The lowest BCUT2D eigenvalue weighted by Gasteiger charge is -2.07. The predicted octanol–water partition coefficient (Wildman–Crippen LogP) is 6.04. The van der Waals surface area contributed by atoms with Crippen LogP contribution in [0.3, 0.4) is 0 Å². The van der Waals surface area contributed by atoms with E-state index in [1.165, 1.54) is 0 Å². The fraction of sp³-hybridized carbons (Fsp3) is 0.111. The number of aromatic amines is 1. The molecule has 0 aliphatic heterocycles. The van der Waals surface area contributed by atoms with Gasteiger partial charge in [0.2, 0.25) is 5.88 Å². The molecule has 0 aliphatic rings. The fourth-order valence-corrected chi connectivity index (χ4v) is 5.28. The summed E-state index contributed by atoms with van der Waals surface area (Å²) in [6.07, 6.45) is 3.45. The van der Waals surface area contributed by atoms with E-state index in [0.29, 0.717) is 28.4 Å². The van der Waals surface area contributed by atoms with E-state index in [0.717, 1.165) is 37.9 Å². The lowest BCUT2D eigenvalue weighted by atomic mass is 10.1. The van der Waals surface area contributed by atoms with Crippen LogP contribution in [0.4, 0.5) is 0 Å². The molecule has 4 aromatic heterocycles. The van der Waals surface area contributed by atoms with Gasteiger partial charge in [-0.05, 0) is 43.2 Å². The summed E-state index contributed by atoms with van der Waals surface area (Å²) in [6, 6.07) is 20.3. The molecule has 1 N–H and O–H groups in total. The zero-order valence-corrected chi connectivity index (χ0v) is 20.1. The van der Waals surface area contributed by atoms with Crippen molar-refractivity contribution in [2.75, 3.05) is 7.11 Å². The van der Waals surface area contributed by atoms with Gasteiger partial charge in [-0.1, -0.05) is 30.3 Å². The van der Waals surface area contributed by atoms with Crippen molar-refractivity contribution in [1.82, 2.24) is 19.5 Å². The van der Waals surface area contributed by atoms with Crippen molar-refractivity contribution in [1.29, 1.82) is 10.5 Å². The van der Waals surface area contributed by atoms with Crippen LogP contribution >= 0.6 is 11.3 Å². The topological polar surface area (TPSA) is 103 Å². The number of aryl methyl sites for hydroxylation is 1. The highest BCUT2D eigenvalue weighted by molar-refractivity contribution is 7.18. The zero-order chi connectivity index (χ0) is 24.5. The lowest BCUT2D eigenvalue weighted by Crippen LogP contribution is -1.98. The van der Waals surface area contributed by atoms with Gasteiger partial charge in [0.05, 0.1) is 35.5 Å². The molecule has 5 aromatic rings. The molecular formula is C27H20N6OS. The maximum Gasteiger partial charge on any atom is 0.215 e. The minimum Gasteiger partial charge on any atom is -0.481 e. The number of aromatic nitrogens is 4. The largest absolute Gasteiger partial charge is 0.481 e. The Morgan fingerprint density at radius 3 is 2.66 bits per heavy atom. The van der Waals surface area contributed by atoms with Crippen LogP contribution < -0.4 is 4.74 Å². The number of rotatable bonds is 5. The van der Waals surface area contributed by atoms with Crippen molar-refractivity contribution < 1.29 is 4.74 Å². The van der Waals surface area contributed by atoms with Gasteiger partial charge < -0.3 is 14.3 Å². The van der Waals surface area contributed by atoms with E-state index < -0.39 is 0 Å². The summed E-state index contributed by atoms with van der Waals surface area (Å²) in [5, 5.41) is 20.6. The van der Waals surface area contributed by atoms with Gasteiger partial charge >= 0.3 is 0 Å². The molecule has 170 valence electrons. The first kappa shape index (κ1) is 22.1. The van der Waals surface area contributed by atoms with Gasteiger partial charge in [0.1, 0.15) is 23.0 Å². The number of nitrogens with one attached hydrogen (secondary N) is 1. The Labute approximate surface area is 206 Å². The van der Waals surface area contributed by atoms with Gasteiger partial charge in [0.25, 0.3) is 0 Å². The quantitative estimate of drug-likeness (QED) is 0.312. The first-order valence-electron chi connectivity index (χ1n) is 10.8.